The number of rotatable bonds is 5. The Morgan fingerprint density at radius 1 is 1.50 bits per heavy atom. The third kappa shape index (κ3) is 2.64. The van der Waals surface area contributed by atoms with Crippen LogP contribution in [0.2, 0.25) is 0 Å². The predicted octanol–water partition coefficient (Wildman–Crippen LogP) is 2.90. The van der Waals surface area contributed by atoms with Crippen LogP contribution < -0.4 is 10.1 Å². The van der Waals surface area contributed by atoms with Crippen molar-refractivity contribution in [3.05, 3.63) is 30.0 Å². The number of benzene rings is 1. The first-order chi connectivity index (χ1) is 9.67. The van der Waals surface area contributed by atoms with E-state index in [1.807, 2.05) is 18.2 Å². The number of nitrogens with one attached hydrogen (secondary N) is 1. The highest BCUT2D eigenvalue weighted by molar-refractivity contribution is 5.88. The standard InChI is InChI=1S/C16H19NO3/c1-10(11-3-4-11)17-16(18)7-12-9-20-15-8-13(19-2)5-6-14(12)15/h5-6,8-11H,3-4,7H2,1-2H3,(H,17,18)/t10-/m0/s1. The minimum absolute atomic E-state index is 0.0583. The average molecular weight is 273 g/mol. The van der Waals surface area contributed by atoms with Crippen LogP contribution in [-0.2, 0) is 11.2 Å². The molecule has 1 aliphatic rings. The number of methoxy groups -OCH3 is 1. The van der Waals surface area contributed by atoms with Crippen molar-refractivity contribution in [3.8, 4) is 5.75 Å². The van der Waals surface area contributed by atoms with E-state index < -0.39 is 0 Å². The fourth-order valence-corrected chi connectivity index (χ4v) is 2.52. The molecule has 106 valence electrons. The van der Waals surface area contributed by atoms with Gasteiger partial charge in [0, 0.05) is 23.1 Å². The second-order valence-corrected chi connectivity index (χ2v) is 5.49. The topological polar surface area (TPSA) is 51.5 Å². The first-order valence-electron chi connectivity index (χ1n) is 7.01. The Morgan fingerprint density at radius 3 is 3.00 bits per heavy atom. The molecule has 1 N–H and O–H groups in total. The van der Waals surface area contributed by atoms with Gasteiger partial charge in [0.15, 0.2) is 0 Å². The van der Waals surface area contributed by atoms with Gasteiger partial charge >= 0.3 is 0 Å². The summed E-state index contributed by atoms with van der Waals surface area (Å²) in [6, 6.07) is 5.93. The van der Waals surface area contributed by atoms with E-state index in [2.05, 4.69) is 12.2 Å². The monoisotopic (exact) mass is 273 g/mol. The molecular formula is C16H19NO3. The van der Waals surface area contributed by atoms with E-state index in [9.17, 15) is 4.79 Å². The Labute approximate surface area is 118 Å². The normalized spacial score (nSPS) is 16.1. The summed E-state index contributed by atoms with van der Waals surface area (Å²) in [5.74, 6) is 1.48. The highest BCUT2D eigenvalue weighted by Gasteiger charge is 2.28. The van der Waals surface area contributed by atoms with Gasteiger partial charge in [-0.3, -0.25) is 4.79 Å². The molecule has 0 aliphatic heterocycles. The van der Waals surface area contributed by atoms with Gasteiger partial charge in [-0.1, -0.05) is 0 Å². The van der Waals surface area contributed by atoms with Crippen LogP contribution in [0.4, 0.5) is 0 Å². The van der Waals surface area contributed by atoms with Gasteiger partial charge in [-0.15, -0.1) is 0 Å². The number of carbonyl (C=O) groups is 1. The largest absolute Gasteiger partial charge is 0.497 e. The molecule has 0 saturated heterocycles. The lowest BCUT2D eigenvalue weighted by Gasteiger charge is -2.12. The Bertz CT molecular complexity index is 628. The maximum absolute atomic E-state index is 12.0. The molecule has 4 heteroatoms. The second-order valence-electron chi connectivity index (χ2n) is 5.49. The molecule has 0 bridgehead atoms. The van der Waals surface area contributed by atoms with Crippen molar-refractivity contribution in [1.82, 2.24) is 5.32 Å². The van der Waals surface area contributed by atoms with Gasteiger partial charge in [0.2, 0.25) is 5.91 Å². The van der Waals surface area contributed by atoms with Crippen LogP contribution in [0.25, 0.3) is 11.0 Å². The van der Waals surface area contributed by atoms with Gasteiger partial charge in [0.1, 0.15) is 11.3 Å². The van der Waals surface area contributed by atoms with Crippen LogP contribution in [-0.4, -0.2) is 19.1 Å². The minimum Gasteiger partial charge on any atom is -0.497 e. The van der Waals surface area contributed by atoms with Crippen molar-refractivity contribution in [3.63, 3.8) is 0 Å². The van der Waals surface area contributed by atoms with Crippen molar-refractivity contribution in [2.24, 2.45) is 5.92 Å². The third-order valence-electron chi connectivity index (χ3n) is 3.93. The van der Waals surface area contributed by atoms with Crippen LogP contribution in [0, 0.1) is 5.92 Å². The smallest absolute Gasteiger partial charge is 0.224 e. The SMILES string of the molecule is COc1ccc2c(CC(=O)N[C@@H](C)C3CC3)coc2c1. The summed E-state index contributed by atoms with van der Waals surface area (Å²) in [4.78, 5) is 12.0. The molecule has 1 aromatic carbocycles. The first-order valence-corrected chi connectivity index (χ1v) is 7.01. The van der Waals surface area contributed by atoms with Crippen molar-refractivity contribution in [1.29, 1.82) is 0 Å². The Hall–Kier alpha value is -1.97. The van der Waals surface area contributed by atoms with Crippen molar-refractivity contribution in [2.75, 3.05) is 7.11 Å². The quantitative estimate of drug-likeness (QED) is 0.911. The van der Waals surface area contributed by atoms with Gasteiger partial charge < -0.3 is 14.5 Å². The van der Waals surface area contributed by atoms with Crippen LogP contribution in [0.1, 0.15) is 25.3 Å². The zero-order valence-electron chi connectivity index (χ0n) is 11.8. The predicted molar refractivity (Wildman–Crippen MR) is 76.8 cm³/mol. The molecule has 1 aromatic heterocycles. The summed E-state index contributed by atoms with van der Waals surface area (Å²) in [5, 5.41) is 4.03. The number of furan rings is 1. The van der Waals surface area contributed by atoms with Crippen LogP contribution in [0.5, 0.6) is 5.75 Å². The van der Waals surface area contributed by atoms with E-state index in [4.69, 9.17) is 9.15 Å². The van der Waals surface area contributed by atoms with E-state index >= 15 is 0 Å². The fourth-order valence-electron chi connectivity index (χ4n) is 2.52. The average Bonchev–Trinajstić information content (AvgIpc) is 3.22. The number of fused-ring (bicyclic) bond motifs is 1. The Morgan fingerprint density at radius 2 is 2.30 bits per heavy atom. The number of carbonyl (C=O) groups excluding carboxylic acids is 1. The van der Waals surface area contributed by atoms with E-state index in [0.29, 0.717) is 12.3 Å². The summed E-state index contributed by atoms with van der Waals surface area (Å²) < 4.78 is 10.7. The molecule has 3 rings (SSSR count). The number of ether oxygens (including phenoxy) is 1. The van der Waals surface area contributed by atoms with Gasteiger partial charge in [0.25, 0.3) is 0 Å². The molecule has 2 aromatic rings. The van der Waals surface area contributed by atoms with E-state index in [-0.39, 0.29) is 11.9 Å². The van der Waals surface area contributed by atoms with Gasteiger partial charge in [0.05, 0.1) is 19.8 Å². The molecule has 1 aliphatic carbocycles. The lowest BCUT2D eigenvalue weighted by Crippen LogP contribution is -2.35. The summed E-state index contributed by atoms with van der Waals surface area (Å²) in [6.07, 6.45) is 4.48. The van der Waals surface area contributed by atoms with E-state index in [0.717, 1.165) is 22.3 Å². The Balaban J connectivity index is 1.71. The van der Waals surface area contributed by atoms with Crippen molar-refractivity contribution < 1.29 is 13.9 Å². The molecule has 0 spiro atoms. The van der Waals surface area contributed by atoms with Crippen LogP contribution in [0.15, 0.2) is 28.9 Å². The Kier molecular flexibility index (Phi) is 3.38. The fraction of sp³-hybridized carbons (Fsp3) is 0.438. The zero-order valence-corrected chi connectivity index (χ0v) is 11.8. The molecule has 1 heterocycles. The zero-order chi connectivity index (χ0) is 14.1. The third-order valence-corrected chi connectivity index (χ3v) is 3.93. The minimum atomic E-state index is 0.0583. The highest BCUT2D eigenvalue weighted by Crippen LogP contribution is 2.32. The highest BCUT2D eigenvalue weighted by atomic mass is 16.5. The van der Waals surface area contributed by atoms with Gasteiger partial charge in [-0.2, -0.15) is 0 Å². The van der Waals surface area contributed by atoms with Gasteiger partial charge in [-0.25, -0.2) is 0 Å². The lowest BCUT2D eigenvalue weighted by molar-refractivity contribution is -0.121. The van der Waals surface area contributed by atoms with E-state index in [1.165, 1.54) is 12.8 Å². The molecule has 4 nitrogen and oxygen atoms in total. The van der Waals surface area contributed by atoms with Crippen molar-refractivity contribution in [2.45, 2.75) is 32.2 Å². The molecule has 1 atom stereocenters. The first kappa shape index (κ1) is 13.0. The summed E-state index contributed by atoms with van der Waals surface area (Å²) in [6.45, 7) is 2.08. The molecule has 1 fully saturated rings. The number of hydrogen-bond acceptors (Lipinski definition) is 3. The van der Waals surface area contributed by atoms with Crippen LogP contribution >= 0.6 is 0 Å². The molecule has 1 saturated carbocycles. The van der Waals surface area contributed by atoms with E-state index in [1.54, 1.807) is 13.4 Å². The molecule has 1 amide bonds. The van der Waals surface area contributed by atoms with Gasteiger partial charge in [-0.05, 0) is 37.8 Å². The summed E-state index contributed by atoms with van der Waals surface area (Å²) >= 11 is 0. The number of hydrogen-bond donors (Lipinski definition) is 1. The van der Waals surface area contributed by atoms with Crippen molar-refractivity contribution >= 4 is 16.9 Å². The number of amides is 1. The second kappa shape index (κ2) is 5.19. The molecule has 20 heavy (non-hydrogen) atoms. The molecule has 0 unspecified atom stereocenters. The molecule has 0 radical (unpaired) electrons. The van der Waals surface area contributed by atoms with Crippen LogP contribution in [0.3, 0.4) is 0 Å². The molecular weight excluding hydrogens is 254 g/mol. The lowest BCUT2D eigenvalue weighted by atomic mass is 10.1. The maximum Gasteiger partial charge on any atom is 0.224 e. The summed E-state index contributed by atoms with van der Waals surface area (Å²) in [5.41, 5.74) is 1.67. The maximum atomic E-state index is 12.0. The summed E-state index contributed by atoms with van der Waals surface area (Å²) in [7, 11) is 1.62.